The number of nitrogens with two attached hydrogens (primary N) is 1. The van der Waals surface area contributed by atoms with Gasteiger partial charge in [-0.25, -0.2) is 15.8 Å². The first-order chi connectivity index (χ1) is 8.72. The van der Waals surface area contributed by atoms with Gasteiger partial charge in [-0.15, -0.1) is 0 Å². The van der Waals surface area contributed by atoms with Crippen LogP contribution >= 0.6 is 0 Å². The average molecular weight is 249 g/mol. The molecule has 8 heteroatoms. The van der Waals surface area contributed by atoms with Gasteiger partial charge in [0.25, 0.3) is 0 Å². The molecule has 0 fully saturated rings. The molecule has 18 heavy (non-hydrogen) atoms. The molecule has 0 radical (unpaired) electrons. The number of rotatable bonds is 5. The van der Waals surface area contributed by atoms with Gasteiger partial charge >= 0.3 is 0 Å². The lowest BCUT2D eigenvalue weighted by atomic mass is 10.0. The maximum atomic E-state index is 5.44. The van der Waals surface area contributed by atoms with Gasteiger partial charge < -0.3 is 15.3 Å². The maximum Gasteiger partial charge on any atom is 0.213 e. The van der Waals surface area contributed by atoms with Gasteiger partial charge in [0.1, 0.15) is 18.0 Å². The Bertz CT molecular complexity index is 497. The molecule has 0 spiro atoms. The molecule has 0 aliphatic rings. The van der Waals surface area contributed by atoms with E-state index in [4.69, 9.17) is 5.84 Å². The van der Waals surface area contributed by atoms with Crippen molar-refractivity contribution in [3.63, 3.8) is 0 Å². The zero-order valence-corrected chi connectivity index (χ0v) is 10.2. The number of aromatic nitrogens is 4. The molecule has 96 valence electrons. The number of hydrogen-bond acceptors (Lipinski definition) is 8. The highest BCUT2D eigenvalue weighted by Crippen LogP contribution is 2.27. The summed E-state index contributed by atoms with van der Waals surface area (Å²) >= 11 is 0. The molecule has 0 saturated carbocycles. The normalized spacial score (nSPS) is 10.7. The van der Waals surface area contributed by atoms with Crippen molar-refractivity contribution in [1.29, 1.82) is 0 Å². The van der Waals surface area contributed by atoms with Gasteiger partial charge in [0, 0.05) is 5.56 Å². The third-order valence-corrected chi connectivity index (χ3v) is 2.42. The Labute approximate surface area is 104 Å². The quantitative estimate of drug-likeness (QED) is 0.528. The van der Waals surface area contributed by atoms with E-state index in [0.29, 0.717) is 24.0 Å². The van der Waals surface area contributed by atoms with E-state index in [0.717, 1.165) is 5.56 Å². The monoisotopic (exact) mass is 249 g/mol. The molecule has 4 N–H and O–H groups in total. The van der Waals surface area contributed by atoms with E-state index in [9.17, 15) is 0 Å². The Balaban J connectivity index is 2.21. The van der Waals surface area contributed by atoms with Crippen molar-refractivity contribution in [2.75, 3.05) is 10.7 Å². The predicted molar refractivity (Wildman–Crippen MR) is 65.6 cm³/mol. The van der Waals surface area contributed by atoms with Crippen molar-refractivity contribution in [1.82, 2.24) is 20.1 Å². The summed E-state index contributed by atoms with van der Waals surface area (Å²) in [5.74, 6) is 7.54. The van der Waals surface area contributed by atoms with Crippen LogP contribution in [0.5, 0.6) is 0 Å². The summed E-state index contributed by atoms with van der Waals surface area (Å²) in [5, 5.41) is 6.86. The molecule has 0 unspecified atom stereocenters. The Morgan fingerprint density at radius 2 is 2.06 bits per heavy atom. The second-order valence-electron chi connectivity index (χ2n) is 3.98. The van der Waals surface area contributed by atoms with Crippen LogP contribution in [0, 0.1) is 0 Å². The fourth-order valence-corrected chi connectivity index (χ4v) is 1.63. The number of nitrogens with one attached hydrogen (secondary N) is 2. The van der Waals surface area contributed by atoms with Crippen molar-refractivity contribution in [3.05, 3.63) is 24.1 Å². The average Bonchev–Trinajstić information content (AvgIpc) is 2.88. The van der Waals surface area contributed by atoms with Gasteiger partial charge in [0.05, 0.1) is 6.54 Å². The first kappa shape index (κ1) is 12.2. The second kappa shape index (κ2) is 5.41. The predicted octanol–water partition coefficient (Wildman–Crippen LogP) is 0.881. The minimum atomic E-state index is 0.227. The van der Waals surface area contributed by atoms with Crippen molar-refractivity contribution >= 4 is 11.6 Å². The lowest BCUT2D eigenvalue weighted by Gasteiger charge is -2.15. The SMILES string of the molecule is CC(C)c1c(NN)ncnc1NCc1ncon1. The fraction of sp³-hybridized carbons (Fsp3) is 0.400. The molecule has 2 heterocycles. The molecule has 0 aromatic carbocycles. The molecule has 0 aliphatic carbocycles. The van der Waals surface area contributed by atoms with Crippen molar-refractivity contribution in [2.45, 2.75) is 26.3 Å². The molecule has 8 nitrogen and oxygen atoms in total. The smallest absolute Gasteiger partial charge is 0.213 e. The van der Waals surface area contributed by atoms with E-state index in [1.54, 1.807) is 0 Å². The summed E-state index contributed by atoms with van der Waals surface area (Å²) in [6, 6.07) is 0. The molecule has 2 rings (SSSR count). The van der Waals surface area contributed by atoms with Gasteiger partial charge in [0.15, 0.2) is 5.82 Å². The minimum Gasteiger partial charge on any atom is -0.362 e. The van der Waals surface area contributed by atoms with Gasteiger partial charge in [-0.05, 0) is 5.92 Å². The largest absolute Gasteiger partial charge is 0.362 e. The molecule has 0 bridgehead atoms. The minimum absolute atomic E-state index is 0.227. The fourth-order valence-electron chi connectivity index (χ4n) is 1.63. The molecular weight excluding hydrogens is 234 g/mol. The standard InChI is InChI=1S/C10H15N7O/c1-6(2)8-9(13-4-14-10(8)16-11)12-3-7-15-5-18-17-7/h4-6H,3,11H2,1-2H3,(H2,12,13,14,16). The van der Waals surface area contributed by atoms with Crippen molar-refractivity contribution in [3.8, 4) is 0 Å². The maximum absolute atomic E-state index is 5.44. The topological polar surface area (TPSA) is 115 Å². The Hall–Kier alpha value is -2.22. The summed E-state index contributed by atoms with van der Waals surface area (Å²) in [6.07, 6.45) is 2.73. The highest BCUT2D eigenvalue weighted by Gasteiger charge is 2.14. The van der Waals surface area contributed by atoms with Gasteiger partial charge in [-0.3, -0.25) is 0 Å². The molecule has 2 aromatic rings. The third kappa shape index (κ3) is 2.54. The molecule has 0 saturated heterocycles. The van der Waals surface area contributed by atoms with Crippen molar-refractivity contribution in [2.24, 2.45) is 5.84 Å². The number of anilines is 2. The van der Waals surface area contributed by atoms with Gasteiger partial charge in [-0.1, -0.05) is 19.0 Å². The lowest BCUT2D eigenvalue weighted by molar-refractivity contribution is 0.411. The van der Waals surface area contributed by atoms with E-state index in [1.165, 1.54) is 12.7 Å². The Morgan fingerprint density at radius 3 is 2.67 bits per heavy atom. The van der Waals surface area contributed by atoms with Crippen LogP contribution in [0.2, 0.25) is 0 Å². The van der Waals surface area contributed by atoms with Gasteiger partial charge in [-0.2, -0.15) is 4.98 Å². The van der Waals surface area contributed by atoms with E-state index in [1.807, 2.05) is 13.8 Å². The summed E-state index contributed by atoms with van der Waals surface area (Å²) in [4.78, 5) is 12.2. The van der Waals surface area contributed by atoms with Crippen LogP contribution in [0.1, 0.15) is 31.2 Å². The summed E-state index contributed by atoms with van der Waals surface area (Å²) in [5.41, 5.74) is 3.49. The van der Waals surface area contributed by atoms with Crippen LogP contribution in [0.25, 0.3) is 0 Å². The first-order valence-electron chi connectivity index (χ1n) is 5.53. The van der Waals surface area contributed by atoms with Crippen LogP contribution in [-0.2, 0) is 6.54 Å². The summed E-state index contributed by atoms with van der Waals surface area (Å²) < 4.78 is 4.66. The van der Waals surface area contributed by atoms with Crippen LogP contribution in [0.3, 0.4) is 0 Å². The van der Waals surface area contributed by atoms with Crippen LogP contribution in [-0.4, -0.2) is 20.1 Å². The number of nitrogens with zero attached hydrogens (tertiary/aromatic N) is 4. The highest BCUT2D eigenvalue weighted by molar-refractivity contribution is 5.58. The van der Waals surface area contributed by atoms with E-state index >= 15 is 0 Å². The molecule has 2 aromatic heterocycles. The van der Waals surface area contributed by atoms with Crippen molar-refractivity contribution < 1.29 is 4.52 Å². The lowest BCUT2D eigenvalue weighted by Crippen LogP contribution is -2.15. The van der Waals surface area contributed by atoms with E-state index in [2.05, 4.69) is 35.4 Å². The molecule has 0 aliphatic heterocycles. The Morgan fingerprint density at radius 1 is 1.28 bits per heavy atom. The highest BCUT2D eigenvalue weighted by atomic mass is 16.5. The van der Waals surface area contributed by atoms with Crippen LogP contribution in [0.15, 0.2) is 17.2 Å². The second-order valence-corrected chi connectivity index (χ2v) is 3.98. The summed E-state index contributed by atoms with van der Waals surface area (Å²) in [7, 11) is 0. The number of hydrazine groups is 1. The molecule has 0 atom stereocenters. The van der Waals surface area contributed by atoms with E-state index in [-0.39, 0.29) is 5.92 Å². The third-order valence-electron chi connectivity index (χ3n) is 2.42. The summed E-state index contributed by atoms with van der Waals surface area (Å²) in [6.45, 7) is 4.51. The van der Waals surface area contributed by atoms with Gasteiger partial charge in [0.2, 0.25) is 6.39 Å². The molecular formula is C10H15N7O. The number of nitrogen functional groups attached to an aromatic ring is 1. The molecule has 0 amide bonds. The number of hydrogen-bond donors (Lipinski definition) is 3. The van der Waals surface area contributed by atoms with E-state index < -0.39 is 0 Å². The Kier molecular flexibility index (Phi) is 3.68. The van der Waals surface area contributed by atoms with Crippen LogP contribution in [0.4, 0.5) is 11.6 Å². The first-order valence-corrected chi connectivity index (χ1v) is 5.53. The zero-order chi connectivity index (χ0) is 13.0. The van der Waals surface area contributed by atoms with Crippen LogP contribution < -0.4 is 16.6 Å². The zero-order valence-electron chi connectivity index (χ0n) is 10.2.